The quantitative estimate of drug-likeness (QED) is 0.797. The lowest BCUT2D eigenvalue weighted by atomic mass is 10.1. The van der Waals surface area contributed by atoms with Gasteiger partial charge in [0.25, 0.3) is 0 Å². The minimum atomic E-state index is -0.239. The molecule has 1 aliphatic rings. The molecule has 0 saturated carbocycles. The molecule has 6 heteroatoms. The molecule has 2 N–H and O–H groups in total. The normalized spacial score (nSPS) is 14.3. The second-order valence-electron chi connectivity index (χ2n) is 6.22. The maximum Gasteiger partial charge on any atom is 0.220 e. The summed E-state index contributed by atoms with van der Waals surface area (Å²) in [6, 6.07) is 10.4. The fourth-order valence-electron chi connectivity index (χ4n) is 3.09. The van der Waals surface area contributed by atoms with Crippen LogP contribution in [0.3, 0.4) is 0 Å². The molecule has 0 aliphatic carbocycles. The first-order chi connectivity index (χ1) is 12.2. The van der Waals surface area contributed by atoms with E-state index >= 15 is 0 Å². The van der Waals surface area contributed by atoms with Gasteiger partial charge >= 0.3 is 0 Å². The molecule has 0 spiro atoms. The van der Waals surface area contributed by atoms with E-state index in [2.05, 4.69) is 25.9 Å². The van der Waals surface area contributed by atoms with E-state index in [1.54, 1.807) is 12.1 Å². The van der Waals surface area contributed by atoms with Crippen molar-refractivity contribution in [2.75, 3.05) is 12.3 Å². The van der Waals surface area contributed by atoms with E-state index in [-0.39, 0.29) is 5.82 Å². The number of pyridine rings is 1. The first-order valence-electron chi connectivity index (χ1n) is 8.21. The number of benzene rings is 1. The molecule has 0 bridgehead atoms. The van der Waals surface area contributed by atoms with E-state index in [1.165, 1.54) is 12.1 Å². The molecule has 0 atom stereocenters. The predicted octanol–water partition coefficient (Wildman–Crippen LogP) is 2.82. The van der Waals surface area contributed by atoms with Crippen LogP contribution in [0.1, 0.15) is 16.8 Å². The summed E-state index contributed by atoms with van der Waals surface area (Å²) in [5.41, 5.74) is 10.7. The van der Waals surface area contributed by atoms with Crippen LogP contribution < -0.4 is 5.73 Å². The van der Waals surface area contributed by atoms with Crippen LogP contribution in [0.15, 0.2) is 48.8 Å². The number of hydrogen-bond donors (Lipinski definition) is 1. The summed E-state index contributed by atoms with van der Waals surface area (Å²) in [6.45, 7) is 2.57. The van der Waals surface area contributed by atoms with Crippen molar-refractivity contribution in [3.63, 3.8) is 0 Å². The third-order valence-corrected chi connectivity index (χ3v) is 4.40. The molecule has 0 amide bonds. The molecule has 3 aromatic rings. The van der Waals surface area contributed by atoms with Gasteiger partial charge in [0.05, 0.1) is 11.4 Å². The van der Waals surface area contributed by atoms with E-state index < -0.39 is 0 Å². The Balaban J connectivity index is 1.45. The van der Waals surface area contributed by atoms with Crippen LogP contribution in [0.2, 0.25) is 0 Å². The summed E-state index contributed by atoms with van der Waals surface area (Å²) in [5, 5.41) is 0. The van der Waals surface area contributed by atoms with Crippen molar-refractivity contribution in [3.05, 3.63) is 71.4 Å². The van der Waals surface area contributed by atoms with Crippen molar-refractivity contribution in [3.8, 4) is 11.3 Å². The van der Waals surface area contributed by atoms with Crippen LogP contribution >= 0.6 is 0 Å². The predicted molar refractivity (Wildman–Crippen MR) is 93.9 cm³/mol. The average molecular weight is 335 g/mol. The minimum Gasteiger partial charge on any atom is -0.368 e. The lowest BCUT2D eigenvalue weighted by Crippen LogP contribution is -2.31. The van der Waals surface area contributed by atoms with Crippen LogP contribution in [-0.4, -0.2) is 26.4 Å². The largest absolute Gasteiger partial charge is 0.368 e. The maximum atomic E-state index is 13.0. The topological polar surface area (TPSA) is 67.9 Å². The van der Waals surface area contributed by atoms with Gasteiger partial charge in [-0.25, -0.2) is 14.4 Å². The summed E-state index contributed by atoms with van der Waals surface area (Å²) >= 11 is 0. The van der Waals surface area contributed by atoms with Gasteiger partial charge in [-0.05, 0) is 35.9 Å². The SMILES string of the molecule is Nc1ncc2c(n1)CCN(Cc1ccc(-c3ccc(F)cc3)nc1)C2. The molecule has 4 rings (SSSR count). The van der Waals surface area contributed by atoms with Crippen molar-refractivity contribution in [1.29, 1.82) is 0 Å². The molecule has 5 nitrogen and oxygen atoms in total. The van der Waals surface area contributed by atoms with Gasteiger partial charge in [-0.2, -0.15) is 0 Å². The standard InChI is InChI=1S/C19H18FN5/c20-16-4-2-14(3-5-16)17-6-1-13(9-22-17)11-25-8-7-18-15(12-25)10-23-19(21)24-18/h1-6,9-10H,7-8,11-12H2,(H2,21,23,24). The molecule has 2 aromatic heterocycles. The number of anilines is 1. The minimum absolute atomic E-state index is 0.239. The molecule has 126 valence electrons. The van der Waals surface area contributed by atoms with E-state index in [0.29, 0.717) is 5.95 Å². The Hall–Kier alpha value is -2.86. The first kappa shape index (κ1) is 15.7. The smallest absolute Gasteiger partial charge is 0.220 e. The Bertz CT molecular complexity index is 877. The highest BCUT2D eigenvalue weighted by Crippen LogP contribution is 2.21. The number of aromatic nitrogens is 3. The van der Waals surface area contributed by atoms with Crippen molar-refractivity contribution in [2.45, 2.75) is 19.5 Å². The molecule has 0 radical (unpaired) electrons. The Labute approximate surface area is 145 Å². The van der Waals surface area contributed by atoms with Gasteiger partial charge in [-0.3, -0.25) is 9.88 Å². The first-order valence-corrected chi connectivity index (χ1v) is 8.21. The van der Waals surface area contributed by atoms with Crippen molar-refractivity contribution in [2.24, 2.45) is 0 Å². The summed E-state index contributed by atoms with van der Waals surface area (Å²) in [5.74, 6) is 0.101. The zero-order valence-corrected chi connectivity index (χ0v) is 13.7. The fourth-order valence-corrected chi connectivity index (χ4v) is 3.09. The average Bonchev–Trinajstić information content (AvgIpc) is 2.63. The number of hydrogen-bond acceptors (Lipinski definition) is 5. The number of rotatable bonds is 3. The van der Waals surface area contributed by atoms with Crippen molar-refractivity contribution in [1.82, 2.24) is 19.9 Å². The van der Waals surface area contributed by atoms with Crippen LogP contribution in [0, 0.1) is 5.82 Å². The summed E-state index contributed by atoms with van der Waals surface area (Å²) < 4.78 is 13.0. The number of nitrogens with zero attached hydrogens (tertiary/aromatic N) is 4. The third kappa shape index (κ3) is 3.49. The lowest BCUT2D eigenvalue weighted by Gasteiger charge is -2.27. The highest BCUT2D eigenvalue weighted by molar-refractivity contribution is 5.58. The second-order valence-corrected chi connectivity index (χ2v) is 6.22. The zero-order valence-electron chi connectivity index (χ0n) is 13.7. The number of nitrogens with two attached hydrogens (primary N) is 1. The number of fused-ring (bicyclic) bond motifs is 1. The van der Waals surface area contributed by atoms with Gasteiger partial charge in [0.2, 0.25) is 5.95 Å². The fraction of sp³-hybridized carbons (Fsp3) is 0.211. The van der Waals surface area contributed by atoms with Gasteiger partial charge in [0.15, 0.2) is 0 Å². The molecule has 1 aliphatic heterocycles. The van der Waals surface area contributed by atoms with Crippen LogP contribution in [0.5, 0.6) is 0 Å². The van der Waals surface area contributed by atoms with E-state index in [4.69, 9.17) is 5.73 Å². The lowest BCUT2D eigenvalue weighted by molar-refractivity contribution is 0.243. The Morgan fingerprint density at radius 1 is 1.04 bits per heavy atom. The van der Waals surface area contributed by atoms with Gasteiger partial charge in [0.1, 0.15) is 5.82 Å². The van der Waals surface area contributed by atoms with Crippen molar-refractivity contribution >= 4 is 5.95 Å². The summed E-state index contributed by atoms with van der Waals surface area (Å²) in [4.78, 5) is 15.2. The zero-order chi connectivity index (χ0) is 17.2. The maximum absolute atomic E-state index is 13.0. The Kier molecular flexibility index (Phi) is 4.11. The summed E-state index contributed by atoms with van der Waals surface area (Å²) in [7, 11) is 0. The number of nitrogen functional groups attached to an aromatic ring is 1. The monoisotopic (exact) mass is 335 g/mol. The van der Waals surface area contributed by atoms with E-state index in [0.717, 1.165) is 54.1 Å². The summed E-state index contributed by atoms with van der Waals surface area (Å²) in [6.07, 6.45) is 4.58. The van der Waals surface area contributed by atoms with Gasteiger partial charge in [-0.15, -0.1) is 0 Å². The molecule has 1 aromatic carbocycles. The molecule has 0 unspecified atom stereocenters. The highest BCUT2D eigenvalue weighted by atomic mass is 19.1. The van der Waals surface area contributed by atoms with Gasteiger partial charge in [-0.1, -0.05) is 6.07 Å². The van der Waals surface area contributed by atoms with Crippen LogP contribution in [0.4, 0.5) is 10.3 Å². The van der Waals surface area contributed by atoms with Gasteiger partial charge < -0.3 is 5.73 Å². The molecule has 0 saturated heterocycles. The molecule has 0 fully saturated rings. The molecular weight excluding hydrogens is 317 g/mol. The van der Waals surface area contributed by atoms with E-state index in [9.17, 15) is 4.39 Å². The van der Waals surface area contributed by atoms with Gasteiger partial charge in [0, 0.05) is 49.6 Å². The van der Waals surface area contributed by atoms with Crippen LogP contribution in [0.25, 0.3) is 11.3 Å². The van der Waals surface area contributed by atoms with E-state index in [1.807, 2.05) is 18.5 Å². The van der Waals surface area contributed by atoms with Crippen LogP contribution in [-0.2, 0) is 19.5 Å². The third-order valence-electron chi connectivity index (χ3n) is 4.40. The van der Waals surface area contributed by atoms with Crippen molar-refractivity contribution < 1.29 is 4.39 Å². The molecular formula is C19H18FN5. The molecule has 25 heavy (non-hydrogen) atoms. The Morgan fingerprint density at radius 2 is 1.88 bits per heavy atom. The number of halogens is 1. The highest BCUT2D eigenvalue weighted by Gasteiger charge is 2.18. The second kappa shape index (κ2) is 6.57. The Morgan fingerprint density at radius 3 is 2.64 bits per heavy atom. The molecule has 3 heterocycles.